The lowest BCUT2D eigenvalue weighted by molar-refractivity contribution is 0.0935. The second-order valence-corrected chi connectivity index (χ2v) is 6.27. The molecule has 2 rings (SSSR count). The summed E-state index contributed by atoms with van der Waals surface area (Å²) in [6, 6.07) is 5.60. The van der Waals surface area contributed by atoms with E-state index in [2.05, 4.69) is 21.2 Å². The number of carbonyl (C=O) groups is 1. The lowest BCUT2D eigenvalue weighted by atomic mass is 10.1. The number of nitrogens with two attached hydrogens (primary N) is 1. The monoisotopic (exact) mass is 314 g/mol. The van der Waals surface area contributed by atoms with Gasteiger partial charge in [0, 0.05) is 21.8 Å². The number of anilines is 1. The molecule has 5 heteroatoms. The van der Waals surface area contributed by atoms with Crippen LogP contribution in [0, 0.1) is 0 Å². The number of amides is 1. The van der Waals surface area contributed by atoms with Gasteiger partial charge >= 0.3 is 0 Å². The van der Waals surface area contributed by atoms with E-state index in [-0.39, 0.29) is 5.91 Å². The summed E-state index contributed by atoms with van der Waals surface area (Å²) >= 11 is 5.29. The predicted octanol–water partition coefficient (Wildman–Crippen LogP) is 2.66. The largest absolute Gasteiger partial charge is 0.399 e. The molecule has 0 atom stereocenters. The van der Waals surface area contributed by atoms with Crippen molar-refractivity contribution >= 4 is 39.3 Å². The van der Waals surface area contributed by atoms with Crippen molar-refractivity contribution in [1.82, 2.24) is 5.32 Å². The average molecular weight is 315 g/mol. The molecule has 1 aromatic rings. The number of halogens is 1. The Morgan fingerprint density at radius 1 is 1.35 bits per heavy atom. The van der Waals surface area contributed by atoms with E-state index in [0.717, 1.165) is 28.8 Å². The Morgan fingerprint density at radius 3 is 2.71 bits per heavy atom. The van der Waals surface area contributed by atoms with Crippen molar-refractivity contribution < 1.29 is 4.79 Å². The molecular weight excluding hydrogens is 300 g/mol. The van der Waals surface area contributed by atoms with E-state index >= 15 is 0 Å². The summed E-state index contributed by atoms with van der Waals surface area (Å²) in [4.78, 5) is 12.0. The third-order valence-electron chi connectivity index (χ3n) is 2.74. The molecule has 3 N–H and O–H groups in total. The smallest absolute Gasteiger partial charge is 0.251 e. The van der Waals surface area contributed by atoms with Crippen molar-refractivity contribution in [3.63, 3.8) is 0 Å². The van der Waals surface area contributed by atoms with Crippen LogP contribution in [-0.4, -0.2) is 23.5 Å². The summed E-state index contributed by atoms with van der Waals surface area (Å²) in [5.74, 6) is 2.23. The highest BCUT2D eigenvalue weighted by atomic mass is 79.9. The summed E-state index contributed by atoms with van der Waals surface area (Å²) in [6.07, 6.45) is 2.11. The standard InChI is InChI=1S/C12H15BrN2OS/c13-9-5-8(6-10(14)7-9)12(16)15-11-1-3-17-4-2-11/h5-7,11H,1-4,14H2,(H,15,16). The van der Waals surface area contributed by atoms with Crippen LogP contribution in [0.4, 0.5) is 5.69 Å². The van der Waals surface area contributed by atoms with Gasteiger partial charge in [0.25, 0.3) is 5.91 Å². The number of nitrogen functional groups attached to an aromatic ring is 1. The first-order valence-corrected chi connectivity index (χ1v) is 7.54. The van der Waals surface area contributed by atoms with Gasteiger partial charge in [0.05, 0.1) is 0 Å². The van der Waals surface area contributed by atoms with Crippen molar-refractivity contribution in [3.8, 4) is 0 Å². The first-order chi connectivity index (χ1) is 8.15. The molecule has 1 saturated heterocycles. The van der Waals surface area contributed by atoms with Crippen LogP contribution in [0.15, 0.2) is 22.7 Å². The zero-order chi connectivity index (χ0) is 12.3. The van der Waals surface area contributed by atoms with E-state index in [0.29, 0.717) is 17.3 Å². The molecule has 3 nitrogen and oxygen atoms in total. The lowest BCUT2D eigenvalue weighted by Gasteiger charge is -2.22. The minimum atomic E-state index is -0.0325. The Hall–Kier alpha value is -0.680. The minimum Gasteiger partial charge on any atom is -0.399 e. The van der Waals surface area contributed by atoms with Crippen molar-refractivity contribution in [2.45, 2.75) is 18.9 Å². The number of hydrogen-bond donors (Lipinski definition) is 2. The van der Waals surface area contributed by atoms with Gasteiger partial charge < -0.3 is 11.1 Å². The molecule has 0 radical (unpaired) electrons. The maximum absolute atomic E-state index is 12.0. The molecular formula is C12H15BrN2OS. The van der Waals surface area contributed by atoms with Crippen LogP contribution >= 0.6 is 27.7 Å². The predicted molar refractivity (Wildman–Crippen MR) is 76.4 cm³/mol. The van der Waals surface area contributed by atoms with Crippen LogP contribution in [-0.2, 0) is 0 Å². The van der Waals surface area contributed by atoms with E-state index in [1.165, 1.54) is 0 Å². The van der Waals surface area contributed by atoms with Crippen molar-refractivity contribution in [3.05, 3.63) is 28.2 Å². The van der Waals surface area contributed by atoms with Gasteiger partial charge in [-0.3, -0.25) is 4.79 Å². The summed E-state index contributed by atoms with van der Waals surface area (Å²) in [5, 5.41) is 3.06. The molecule has 17 heavy (non-hydrogen) atoms. The normalized spacial score (nSPS) is 16.8. The quantitative estimate of drug-likeness (QED) is 0.825. The molecule has 0 unspecified atom stereocenters. The topological polar surface area (TPSA) is 55.1 Å². The van der Waals surface area contributed by atoms with E-state index in [1.54, 1.807) is 18.2 Å². The molecule has 1 aliphatic rings. The average Bonchev–Trinajstić information content (AvgIpc) is 2.29. The van der Waals surface area contributed by atoms with E-state index in [1.807, 2.05) is 11.8 Å². The fourth-order valence-corrected chi connectivity index (χ4v) is 3.47. The number of benzene rings is 1. The van der Waals surface area contributed by atoms with Gasteiger partial charge in [-0.1, -0.05) is 15.9 Å². The van der Waals surface area contributed by atoms with Gasteiger partial charge in [-0.25, -0.2) is 0 Å². The molecule has 0 bridgehead atoms. The summed E-state index contributed by atoms with van der Waals surface area (Å²) in [6.45, 7) is 0. The number of carbonyl (C=O) groups excluding carboxylic acids is 1. The second-order valence-electron chi connectivity index (χ2n) is 4.13. The van der Waals surface area contributed by atoms with Crippen LogP contribution in [0.3, 0.4) is 0 Å². The molecule has 1 aromatic carbocycles. The maximum Gasteiger partial charge on any atom is 0.251 e. The van der Waals surface area contributed by atoms with E-state index in [4.69, 9.17) is 5.73 Å². The number of hydrogen-bond acceptors (Lipinski definition) is 3. The first kappa shape index (κ1) is 12.8. The lowest BCUT2D eigenvalue weighted by Crippen LogP contribution is -2.37. The molecule has 0 saturated carbocycles. The Bertz CT molecular complexity index is 399. The fourth-order valence-electron chi connectivity index (χ4n) is 1.85. The van der Waals surface area contributed by atoms with Crippen LogP contribution in [0.5, 0.6) is 0 Å². The fraction of sp³-hybridized carbons (Fsp3) is 0.417. The van der Waals surface area contributed by atoms with Crippen LogP contribution in [0.25, 0.3) is 0 Å². The van der Waals surface area contributed by atoms with Gasteiger partial charge in [-0.2, -0.15) is 11.8 Å². The Morgan fingerprint density at radius 2 is 2.06 bits per heavy atom. The highest BCUT2D eigenvalue weighted by molar-refractivity contribution is 9.10. The summed E-state index contributed by atoms with van der Waals surface area (Å²) < 4.78 is 0.835. The van der Waals surface area contributed by atoms with Gasteiger partial charge in [0.2, 0.25) is 0 Å². The molecule has 0 spiro atoms. The summed E-state index contributed by atoms with van der Waals surface area (Å²) in [5.41, 5.74) is 6.94. The highest BCUT2D eigenvalue weighted by Gasteiger charge is 2.17. The third-order valence-corrected chi connectivity index (χ3v) is 4.25. The molecule has 92 valence electrons. The molecule has 0 aliphatic carbocycles. The van der Waals surface area contributed by atoms with Gasteiger partial charge in [-0.15, -0.1) is 0 Å². The first-order valence-electron chi connectivity index (χ1n) is 5.60. The van der Waals surface area contributed by atoms with E-state index in [9.17, 15) is 4.79 Å². The third kappa shape index (κ3) is 3.64. The van der Waals surface area contributed by atoms with Crippen molar-refractivity contribution in [2.24, 2.45) is 0 Å². The van der Waals surface area contributed by atoms with Crippen LogP contribution in [0.2, 0.25) is 0 Å². The highest BCUT2D eigenvalue weighted by Crippen LogP contribution is 2.19. The molecule has 1 amide bonds. The van der Waals surface area contributed by atoms with E-state index < -0.39 is 0 Å². The minimum absolute atomic E-state index is 0.0325. The molecule has 1 heterocycles. The number of thioether (sulfide) groups is 1. The second kappa shape index (κ2) is 5.78. The van der Waals surface area contributed by atoms with Crippen molar-refractivity contribution in [1.29, 1.82) is 0 Å². The number of nitrogens with one attached hydrogen (secondary N) is 1. The SMILES string of the molecule is Nc1cc(Br)cc(C(=O)NC2CCSCC2)c1. The Kier molecular flexibility index (Phi) is 4.34. The van der Waals surface area contributed by atoms with Gasteiger partial charge in [0.15, 0.2) is 0 Å². The van der Waals surface area contributed by atoms with Crippen LogP contribution in [0.1, 0.15) is 23.2 Å². The maximum atomic E-state index is 12.0. The zero-order valence-electron chi connectivity index (χ0n) is 9.41. The van der Waals surface area contributed by atoms with Gasteiger partial charge in [-0.05, 0) is 42.5 Å². The van der Waals surface area contributed by atoms with Crippen molar-refractivity contribution in [2.75, 3.05) is 17.2 Å². The molecule has 1 aliphatic heterocycles. The van der Waals surface area contributed by atoms with Crippen LogP contribution < -0.4 is 11.1 Å². The molecule has 1 fully saturated rings. The summed E-state index contributed by atoms with van der Waals surface area (Å²) in [7, 11) is 0. The van der Waals surface area contributed by atoms with Gasteiger partial charge in [0.1, 0.15) is 0 Å². The number of rotatable bonds is 2. The Labute approximate surface area is 114 Å². The zero-order valence-corrected chi connectivity index (χ0v) is 11.8. The molecule has 0 aromatic heterocycles. The Balaban J connectivity index is 2.03.